The van der Waals surface area contributed by atoms with E-state index >= 15 is 4.79 Å². The first-order valence-electron chi connectivity index (χ1n) is 20.5. The molecule has 0 radical (unpaired) electrons. The van der Waals surface area contributed by atoms with Crippen molar-refractivity contribution in [3.63, 3.8) is 0 Å². The SMILES string of the molecule is CC(=O)O[C@H]1C(=O)[C@]2(C)C(O)C[C@H]3OC[C@@]3(OC(C)=O)C2[C@H](OC(=O)c2ccccc2)[C@]2(O)C[C@H](OC(=O)[C@H](O)C(NC(=O)c3ccccc3)c3ccccc3)C(C)=C1C2(C)C. The first kappa shape index (κ1) is 44.3. The van der Waals surface area contributed by atoms with Crippen molar-refractivity contribution in [2.75, 3.05) is 6.61 Å². The number of carbonyl (C=O) groups is 6. The average Bonchev–Trinajstić information content (AvgIpc) is 3.24. The van der Waals surface area contributed by atoms with Crippen LogP contribution in [0.15, 0.2) is 102 Å². The summed E-state index contributed by atoms with van der Waals surface area (Å²) in [6.07, 6.45) is -10.5. The van der Waals surface area contributed by atoms with Crippen LogP contribution in [0.5, 0.6) is 0 Å². The van der Waals surface area contributed by atoms with Crippen LogP contribution >= 0.6 is 0 Å². The van der Waals surface area contributed by atoms with E-state index in [1.165, 1.54) is 26.0 Å². The van der Waals surface area contributed by atoms with E-state index in [1.54, 1.807) is 92.7 Å². The molecule has 62 heavy (non-hydrogen) atoms. The summed E-state index contributed by atoms with van der Waals surface area (Å²) in [7, 11) is 0. The van der Waals surface area contributed by atoms with Crippen LogP contribution in [0.1, 0.15) is 86.7 Å². The van der Waals surface area contributed by atoms with Crippen molar-refractivity contribution in [1.29, 1.82) is 0 Å². The molecule has 1 amide bonds. The minimum Gasteiger partial charge on any atom is -0.456 e. The lowest BCUT2D eigenvalue weighted by atomic mass is 9.44. The number of ketones is 1. The highest BCUT2D eigenvalue weighted by atomic mass is 16.6. The van der Waals surface area contributed by atoms with E-state index in [9.17, 15) is 39.3 Å². The second-order valence-corrected chi connectivity index (χ2v) is 17.4. The van der Waals surface area contributed by atoms with Gasteiger partial charge in [-0.2, -0.15) is 0 Å². The molecule has 1 aliphatic heterocycles. The first-order valence-corrected chi connectivity index (χ1v) is 20.5. The van der Waals surface area contributed by atoms with Crippen LogP contribution in [0.4, 0.5) is 0 Å². The molecule has 7 rings (SSSR count). The molecule has 0 aromatic heterocycles. The van der Waals surface area contributed by atoms with Gasteiger partial charge in [0.2, 0.25) is 0 Å². The molecule has 1 heterocycles. The number of rotatable bonds is 10. The molecular weight excluding hydrogens is 803 g/mol. The number of benzene rings is 3. The summed E-state index contributed by atoms with van der Waals surface area (Å²) in [5.74, 6) is -6.84. The summed E-state index contributed by atoms with van der Waals surface area (Å²) >= 11 is 0. The molecule has 0 spiro atoms. The van der Waals surface area contributed by atoms with Crippen molar-refractivity contribution < 1.29 is 67.8 Å². The second kappa shape index (κ2) is 16.5. The van der Waals surface area contributed by atoms with E-state index in [4.69, 9.17) is 23.7 Å². The fraction of sp³-hybridized carbons (Fsp3) is 0.447. The molecule has 11 atom stereocenters. The van der Waals surface area contributed by atoms with Gasteiger partial charge in [0.05, 0.1) is 35.6 Å². The molecule has 15 nitrogen and oxygen atoms in total. The number of ether oxygens (including phenoxy) is 5. The summed E-state index contributed by atoms with van der Waals surface area (Å²) in [6.45, 7) is 7.97. The molecular formula is C47H51NO14. The van der Waals surface area contributed by atoms with Gasteiger partial charge in [-0.1, -0.05) is 80.6 Å². The Morgan fingerprint density at radius 1 is 0.823 bits per heavy atom. The van der Waals surface area contributed by atoms with Crippen LogP contribution < -0.4 is 5.32 Å². The zero-order valence-corrected chi connectivity index (χ0v) is 35.2. The number of Topliss-reactive ketones (excluding diaryl/α,β-unsaturated/α-hetero) is 1. The number of aliphatic hydroxyl groups excluding tert-OH is 2. The van der Waals surface area contributed by atoms with Gasteiger partial charge in [-0.15, -0.1) is 0 Å². The molecule has 2 saturated carbocycles. The smallest absolute Gasteiger partial charge is 0.338 e. The summed E-state index contributed by atoms with van der Waals surface area (Å²) in [4.78, 5) is 83.5. The number of aliphatic hydroxyl groups is 3. The third-order valence-corrected chi connectivity index (χ3v) is 13.5. The van der Waals surface area contributed by atoms with Gasteiger partial charge in [-0.3, -0.25) is 19.2 Å². The average molecular weight is 854 g/mol. The number of carbonyl (C=O) groups excluding carboxylic acids is 6. The van der Waals surface area contributed by atoms with E-state index < -0.39 is 113 Å². The molecule has 3 fully saturated rings. The van der Waals surface area contributed by atoms with E-state index in [1.807, 2.05) is 0 Å². The number of hydrogen-bond acceptors (Lipinski definition) is 14. The highest BCUT2D eigenvalue weighted by Gasteiger charge is 2.78. The Morgan fingerprint density at radius 3 is 1.95 bits per heavy atom. The van der Waals surface area contributed by atoms with E-state index in [2.05, 4.69) is 5.32 Å². The highest BCUT2D eigenvalue weighted by molar-refractivity contribution is 5.96. The van der Waals surface area contributed by atoms with E-state index in [0.29, 0.717) is 5.56 Å². The van der Waals surface area contributed by atoms with Gasteiger partial charge in [0.15, 0.2) is 23.6 Å². The van der Waals surface area contributed by atoms with Crippen molar-refractivity contribution in [1.82, 2.24) is 5.32 Å². The van der Waals surface area contributed by atoms with E-state index in [-0.39, 0.29) is 35.3 Å². The third kappa shape index (κ3) is 7.29. The van der Waals surface area contributed by atoms with Crippen LogP contribution in [0.3, 0.4) is 0 Å². The Bertz CT molecular complexity index is 2280. The number of nitrogens with one attached hydrogen (secondary N) is 1. The van der Waals surface area contributed by atoms with Crippen LogP contribution in [0.2, 0.25) is 0 Å². The Balaban J connectivity index is 1.39. The normalized spacial score (nSPS) is 31.9. The van der Waals surface area contributed by atoms with Gasteiger partial charge in [-0.05, 0) is 54.8 Å². The topological polar surface area (TPSA) is 221 Å². The maximum Gasteiger partial charge on any atom is 0.338 e. The largest absolute Gasteiger partial charge is 0.456 e. The standard InChI is InChI=1S/C47H51NO14/c1-25-31(60-43(56)36(52)35(28-16-10-7-11-17-28)48-41(54)29-18-12-8-13-19-29)23-47(57)40(61-42(55)30-20-14-9-15-21-30)38-45(6,32(51)22-33-46(38,24-58-33)62-27(3)50)39(53)37(59-26(2)49)34(25)44(47,4)5/h7-21,31-33,35-38,40,51-52,57H,22-24H2,1-6H3,(H,48,54)/t31-,32?,33+,35?,36+,37+,38?,40-,45+,46-,47+/m0/s1. The van der Waals surface area contributed by atoms with Gasteiger partial charge in [0.25, 0.3) is 5.91 Å². The highest BCUT2D eigenvalue weighted by Crippen LogP contribution is 2.64. The number of amides is 1. The molecule has 3 aromatic carbocycles. The van der Waals surface area contributed by atoms with Gasteiger partial charge >= 0.3 is 23.9 Å². The molecule has 3 aromatic rings. The predicted octanol–water partition coefficient (Wildman–Crippen LogP) is 3.74. The minimum atomic E-state index is -2.39. The van der Waals surface area contributed by atoms with E-state index in [0.717, 1.165) is 13.8 Å². The zero-order chi connectivity index (χ0) is 44.9. The predicted molar refractivity (Wildman–Crippen MR) is 218 cm³/mol. The van der Waals surface area contributed by atoms with Crippen LogP contribution in [-0.2, 0) is 42.9 Å². The Hall–Kier alpha value is -5.74. The summed E-state index contributed by atoms with van der Waals surface area (Å²) in [5.41, 5.74) is -7.02. The summed E-state index contributed by atoms with van der Waals surface area (Å²) in [6, 6.07) is 22.9. The molecule has 2 bridgehead atoms. The third-order valence-electron chi connectivity index (χ3n) is 13.5. The van der Waals surface area contributed by atoms with Crippen molar-refractivity contribution in [3.8, 4) is 0 Å². The van der Waals surface area contributed by atoms with Crippen LogP contribution in [-0.4, -0.2) is 105 Å². The first-order chi connectivity index (χ1) is 29.3. The zero-order valence-electron chi connectivity index (χ0n) is 35.2. The molecule has 1 saturated heterocycles. The monoisotopic (exact) mass is 853 g/mol. The fourth-order valence-electron chi connectivity index (χ4n) is 10.2. The molecule has 4 aliphatic rings. The van der Waals surface area contributed by atoms with Crippen molar-refractivity contribution in [2.24, 2.45) is 16.7 Å². The second-order valence-electron chi connectivity index (χ2n) is 17.4. The fourth-order valence-corrected chi connectivity index (χ4v) is 10.2. The van der Waals surface area contributed by atoms with Gasteiger partial charge in [-0.25, -0.2) is 9.59 Å². The lowest BCUT2D eigenvalue weighted by molar-refractivity contribution is -0.346. The molecule has 328 valence electrons. The van der Waals surface area contributed by atoms with Crippen LogP contribution in [0, 0.1) is 16.7 Å². The lowest BCUT2D eigenvalue weighted by Crippen LogP contribution is -2.82. The number of fused-ring (bicyclic) bond motifs is 5. The Kier molecular flexibility index (Phi) is 11.8. The maximum atomic E-state index is 15.5. The minimum absolute atomic E-state index is 0.00289. The van der Waals surface area contributed by atoms with Gasteiger partial charge in [0.1, 0.15) is 23.9 Å². The van der Waals surface area contributed by atoms with Gasteiger partial charge in [0, 0.05) is 37.7 Å². The molecule has 3 aliphatic carbocycles. The van der Waals surface area contributed by atoms with Crippen molar-refractivity contribution >= 4 is 35.6 Å². The quantitative estimate of drug-likeness (QED) is 0.130. The van der Waals surface area contributed by atoms with Crippen LogP contribution in [0.25, 0.3) is 0 Å². The lowest BCUT2D eigenvalue weighted by Gasteiger charge is -2.67. The summed E-state index contributed by atoms with van der Waals surface area (Å²) in [5, 5.41) is 40.2. The van der Waals surface area contributed by atoms with Gasteiger partial charge < -0.3 is 44.3 Å². The Labute approximate surface area is 358 Å². The number of hydrogen-bond donors (Lipinski definition) is 4. The molecule has 4 N–H and O–H groups in total. The molecule has 3 unspecified atom stereocenters. The molecule has 15 heteroatoms. The number of esters is 4. The van der Waals surface area contributed by atoms with Crippen molar-refractivity contribution in [2.45, 2.75) is 108 Å². The van der Waals surface area contributed by atoms with Crippen molar-refractivity contribution in [3.05, 3.63) is 119 Å². The maximum absolute atomic E-state index is 15.5. The summed E-state index contributed by atoms with van der Waals surface area (Å²) < 4.78 is 30.3. The Morgan fingerprint density at radius 2 is 1.40 bits per heavy atom.